The number of benzene rings is 2. The number of methoxy groups -OCH3 is 1. The van der Waals surface area contributed by atoms with Crippen LogP contribution in [-0.4, -0.2) is 35.3 Å². The van der Waals surface area contributed by atoms with Gasteiger partial charge in [0.15, 0.2) is 0 Å². The zero-order valence-corrected chi connectivity index (χ0v) is 16.9. The van der Waals surface area contributed by atoms with Gasteiger partial charge in [-0.15, -0.1) is 0 Å². The van der Waals surface area contributed by atoms with Crippen LogP contribution in [0.25, 0.3) is 11.1 Å². The van der Waals surface area contributed by atoms with Gasteiger partial charge in [0.2, 0.25) is 0 Å². The Balaban J connectivity index is 1.75. The van der Waals surface area contributed by atoms with Crippen LogP contribution >= 0.6 is 11.6 Å². The van der Waals surface area contributed by atoms with Crippen LogP contribution in [0.1, 0.15) is 10.4 Å². The first-order valence-electron chi connectivity index (χ1n) is 8.17. The molecule has 1 atom stereocenters. The summed E-state index contributed by atoms with van der Waals surface area (Å²) in [7, 11) is 1.59. The molecule has 7 heteroatoms. The monoisotopic (exact) mass is 441 g/mol. The molecule has 1 aromatic heterocycles. The van der Waals surface area contributed by atoms with Gasteiger partial charge in [-0.05, 0) is 0 Å². The Labute approximate surface area is 170 Å². The van der Waals surface area contributed by atoms with Crippen molar-refractivity contribution in [1.29, 1.82) is 0 Å². The fourth-order valence-corrected chi connectivity index (χ4v) is 3.68. The van der Waals surface area contributed by atoms with Crippen LogP contribution < -0.4 is 9.64 Å². The van der Waals surface area contributed by atoms with Gasteiger partial charge in [0, 0.05) is 0 Å². The van der Waals surface area contributed by atoms with Crippen molar-refractivity contribution in [2.75, 3.05) is 12.0 Å². The number of hydrogen-bond acceptors (Lipinski definition) is 4. The van der Waals surface area contributed by atoms with Crippen molar-refractivity contribution in [2.24, 2.45) is 4.99 Å². The molecule has 2 heterocycles. The van der Waals surface area contributed by atoms with Crippen LogP contribution in [0, 0.1) is 5.82 Å². The molecule has 2 radical (unpaired) electrons. The quantitative estimate of drug-likeness (QED) is 0.543. The van der Waals surface area contributed by atoms with Gasteiger partial charge in [0.1, 0.15) is 0 Å². The SMILES string of the molecule is COc1ccc(-c2ccc3c(c2)C([As])N=CN3c2ccc(F)c(Cl)c2)cn1. The molecular formula is C20H14AsClFN3O. The number of nitrogens with zero attached hydrogens (tertiary/aromatic N) is 3. The molecule has 0 aliphatic carbocycles. The Kier molecular flexibility index (Phi) is 4.90. The van der Waals surface area contributed by atoms with Crippen LogP contribution in [0.15, 0.2) is 59.7 Å². The Morgan fingerprint density at radius 3 is 2.63 bits per heavy atom. The summed E-state index contributed by atoms with van der Waals surface area (Å²) in [5.74, 6) is 0.132. The molecule has 1 aliphatic rings. The number of rotatable bonds is 3. The van der Waals surface area contributed by atoms with Crippen molar-refractivity contribution < 1.29 is 9.13 Å². The van der Waals surface area contributed by atoms with E-state index >= 15 is 0 Å². The molecule has 1 aliphatic heterocycles. The van der Waals surface area contributed by atoms with E-state index in [1.54, 1.807) is 31.8 Å². The second-order valence-electron chi connectivity index (χ2n) is 5.97. The molecule has 2 aromatic carbocycles. The van der Waals surface area contributed by atoms with Gasteiger partial charge in [0.05, 0.1) is 0 Å². The molecule has 134 valence electrons. The third kappa shape index (κ3) is 3.45. The molecule has 0 saturated carbocycles. The van der Waals surface area contributed by atoms with E-state index in [0.29, 0.717) is 5.88 Å². The van der Waals surface area contributed by atoms with Gasteiger partial charge < -0.3 is 0 Å². The van der Waals surface area contributed by atoms with Gasteiger partial charge in [-0.2, -0.15) is 0 Å². The molecule has 4 nitrogen and oxygen atoms in total. The Morgan fingerprint density at radius 2 is 1.93 bits per heavy atom. The van der Waals surface area contributed by atoms with Crippen molar-refractivity contribution in [1.82, 2.24) is 4.98 Å². The van der Waals surface area contributed by atoms with E-state index in [-0.39, 0.29) is 9.85 Å². The van der Waals surface area contributed by atoms with Crippen LogP contribution in [0.3, 0.4) is 0 Å². The Bertz CT molecular complexity index is 1030. The van der Waals surface area contributed by atoms with Crippen molar-refractivity contribution >= 4 is 46.2 Å². The molecule has 0 fully saturated rings. The van der Waals surface area contributed by atoms with Crippen molar-refractivity contribution in [2.45, 2.75) is 4.83 Å². The molecule has 3 aromatic rings. The second kappa shape index (κ2) is 7.34. The predicted molar refractivity (Wildman–Crippen MR) is 107 cm³/mol. The third-order valence-corrected chi connectivity index (χ3v) is 5.50. The molecule has 27 heavy (non-hydrogen) atoms. The number of aliphatic imine (C=N–C) groups is 1. The standard InChI is InChI=1S/C20H14AsClFN3O/c1-27-19-7-3-13(10-24-19)12-2-6-18-15(8-12)20(21)25-11-26(18)14-4-5-17(23)16(22)9-14/h2-11,20H,1H3. The molecule has 0 N–H and O–H groups in total. The maximum atomic E-state index is 13.5. The summed E-state index contributed by atoms with van der Waals surface area (Å²) in [6, 6.07) is 14.6. The molecule has 1 unspecified atom stereocenters. The van der Waals surface area contributed by atoms with E-state index in [1.807, 2.05) is 29.2 Å². The number of ether oxygens (including phenoxy) is 1. The summed E-state index contributed by atoms with van der Waals surface area (Å²) >= 11 is 8.51. The number of hydrogen-bond donors (Lipinski definition) is 0. The van der Waals surface area contributed by atoms with E-state index in [0.717, 1.165) is 28.1 Å². The second-order valence-corrected chi connectivity index (χ2v) is 7.40. The predicted octanol–water partition coefficient (Wildman–Crippen LogP) is 4.90. The Hall–Kier alpha value is -2.36. The summed E-state index contributed by atoms with van der Waals surface area (Å²) in [5.41, 5.74) is 4.80. The number of halogens is 2. The summed E-state index contributed by atoms with van der Waals surface area (Å²) in [5, 5.41) is 0.0813. The summed E-state index contributed by atoms with van der Waals surface area (Å²) in [4.78, 5) is 10.7. The first-order valence-corrected chi connectivity index (χ1v) is 9.63. The Morgan fingerprint density at radius 1 is 1.11 bits per heavy atom. The van der Waals surface area contributed by atoms with E-state index in [1.165, 1.54) is 6.07 Å². The topological polar surface area (TPSA) is 37.7 Å². The van der Waals surface area contributed by atoms with E-state index in [9.17, 15) is 4.39 Å². The fraction of sp³-hybridized carbons (Fsp3) is 0.100. The number of pyridine rings is 1. The van der Waals surface area contributed by atoms with E-state index in [2.05, 4.69) is 32.9 Å². The third-order valence-electron chi connectivity index (χ3n) is 4.35. The van der Waals surface area contributed by atoms with Crippen LogP contribution in [-0.2, 0) is 0 Å². The zero-order valence-electron chi connectivity index (χ0n) is 14.3. The van der Waals surface area contributed by atoms with Crippen molar-refractivity contribution in [3.05, 3.63) is 71.1 Å². The molecule has 0 saturated heterocycles. The first-order chi connectivity index (χ1) is 13.1. The average Bonchev–Trinajstić information content (AvgIpc) is 2.70. The van der Waals surface area contributed by atoms with E-state index < -0.39 is 5.82 Å². The molecule has 4 rings (SSSR count). The van der Waals surface area contributed by atoms with Gasteiger partial charge in [-0.25, -0.2) is 0 Å². The minimum atomic E-state index is -0.443. The normalized spacial score (nSPS) is 15.6. The molecule has 0 spiro atoms. The molecule has 0 bridgehead atoms. The summed E-state index contributed by atoms with van der Waals surface area (Å²) < 4.78 is 18.6. The number of aromatic nitrogens is 1. The summed E-state index contributed by atoms with van der Waals surface area (Å²) in [6.07, 6.45) is 3.52. The van der Waals surface area contributed by atoms with Crippen LogP contribution in [0.4, 0.5) is 15.8 Å². The first kappa shape index (κ1) is 18.0. The molecular weight excluding hydrogens is 428 g/mol. The number of anilines is 2. The zero-order chi connectivity index (χ0) is 19.0. The van der Waals surface area contributed by atoms with E-state index in [4.69, 9.17) is 16.3 Å². The average molecular weight is 442 g/mol. The van der Waals surface area contributed by atoms with Gasteiger partial charge in [-0.1, -0.05) is 0 Å². The van der Waals surface area contributed by atoms with Crippen LogP contribution in [0.5, 0.6) is 5.88 Å². The summed E-state index contributed by atoms with van der Waals surface area (Å²) in [6.45, 7) is 0. The van der Waals surface area contributed by atoms with Gasteiger partial charge >= 0.3 is 170 Å². The fourth-order valence-electron chi connectivity index (χ4n) is 2.95. The van der Waals surface area contributed by atoms with Crippen LogP contribution in [0.2, 0.25) is 5.02 Å². The van der Waals surface area contributed by atoms with Gasteiger partial charge in [0.25, 0.3) is 0 Å². The maximum absolute atomic E-state index is 13.5. The number of fused-ring (bicyclic) bond motifs is 1. The van der Waals surface area contributed by atoms with Crippen molar-refractivity contribution in [3.8, 4) is 17.0 Å². The van der Waals surface area contributed by atoms with Gasteiger partial charge in [-0.3, -0.25) is 0 Å². The van der Waals surface area contributed by atoms with Crippen molar-refractivity contribution in [3.63, 3.8) is 0 Å². The minimum absolute atomic E-state index is 0.0502. The molecule has 0 amide bonds.